The molecular formula is C22H28N6O10. The van der Waals surface area contributed by atoms with Gasteiger partial charge in [-0.25, -0.2) is 9.59 Å². The lowest BCUT2D eigenvalue weighted by Gasteiger charge is -2.13. The number of rotatable bonds is 11. The van der Waals surface area contributed by atoms with Crippen LogP contribution in [0, 0.1) is 0 Å². The summed E-state index contributed by atoms with van der Waals surface area (Å²) in [5.74, 6) is -0.860. The van der Waals surface area contributed by atoms with Gasteiger partial charge in [-0.2, -0.15) is 9.97 Å². The van der Waals surface area contributed by atoms with Crippen molar-refractivity contribution in [1.82, 2.24) is 19.1 Å². The number of carbonyl (C=O) groups is 2. The number of nitrogens with two attached hydrogens (primary N) is 2. The minimum absolute atomic E-state index is 0.00818. The average Bonchev–Trinajstić information content (AvgIpc) is 3.51. The van der Waals surface area contributed by atoms with E-state index in [0.717, 1.165) is 0 Å². The molecule has 4 unspecified atom stereocenters. The van der Waals surface area contributed by atoms with E-state index in [1.165, 1.54) is 33.7 Å². The molecule has 16 nitrogen and oxygen atoms in total. The highest BCUT2D eigenvalue weighted by Crippen LogP contribution is 2.22. The van der Waals surface area contributed by atoms with Gasteiger partial charge in [-0.15, -0.1) is 0 Å². The first-order valence-electron chi connectivity index (χ1n) is 11.9. The third-order valence-electron chi connectivity index (χ3n) is 5.58. The lowest BCUT2D eigenvalue weighted by molar-refractivity contribution is -0.238. The van der Waals surface area contributed by atoms with Crippen molar-refractivity contribution in [1.29, 1.82) is 0 Å². The summed E-state index contributed by atoms with van der Waals surface area (Å²) in [5, 5.41) is 0. The topological polar surface area (TPSA) is 211 Å². The number of hydrogen-bond acceptors (Lipinski definition) is 14. The Labute approximate surface area is 215 Å². The van der Waals surface area contributed by atoms with Crippen LogP contribution in [0.15, 0.2) is 34.1 Å². The number of nitrogen functional groups attached to an aromatic ring is 2. The SMILES string of the molecule is Nc1ccn(C2COC(OC(=O)CCCCCCC(=O)OC3OCC(n4ccc(N)nc4=O)O3)O2)c(=O)n1. The van der Waals surface area contributed by atoms with Crippen LogP contribution in [0.25, 0.3) is 0 Å². The van der Waals surface area contributed by atoms with Crippen molar-refractivity contribution < 1.29 is 38.0 Å². The van der Waals surface area contributed by atoms with E-state index >= 15 is 0 Å². The number of esters is 2. The van der Waals surface area contributed by atoms with Crippen LogP contribution in [0.1, 0.15) is 51.0 Å². The Hall–Kier alpha value is -3.86. The molecule has 2 saturated heterocycles. The minimum Gasteiger partial charge on any atom is -0.410 e. The molecular weight excluding hydrogens is 508 g/mol. The van der Waals surface area contributed by atoms with E-state index in [1.807, 2.05) is 0 Å². The first kappa shape index (κ1) is 27.2. The Bertz CT molecular complexity index is 1150. The second-order valence-electron chi connectivity index (χ2n) is 8.40. The third-order valence-corrected chi connectivity index (χ3v) is 5.58. The minimum atomic E-state index is -1.22. The first-order chi connectivity index (χ1) is 18.3. The molecule has 0 spiro atoms. The monoisotopic (exact) mass is 536 g/mol. The number of unbranched alkanes of at least 4 members (excludes halogenated alkanes) is 3. The van der Waals surface area contributed by atoms with Gasteiger partial charge in [-0.3, -0.25) is 28.2 Å². The Kier molecular flexibility index (Phi) is 9.01. The predicted molar refractivity (Wildman–Crippen MR) is 125 cm³/mol. The van der Waals surface area contributed by atoms with Gasteiger partial charge in [0.2, 0.25) is 0 Å². The molecule has 0 saturated carbocycles. The van der Waals surface area contributed by atoms with E-state index in [4.69, 9.17) is 39.9 Å². The largest absolute Gasteiger partial charge is 0.410 e. The van der Waals surface area contributed by atoms with Gasteiger partial charge in [0.05, 0.1) is 13.2 Å². The first-order valence-corrected chi connectivity index (χ1v) is 11.9. The molecule has 4 rings (SSSR count). The van der Waals surface area contributed by atoms with Crippen LogP contribution in [-0.2, 0) is 38.0 Å². The molecule has 4 N–H and O–H groups in total. The van der Waals surface area contributed by atoms with Crippen LogP contribution in [0.3, 0.4) is 0 Å². The summed E-state index contributed by atoms with van der Waals surface area (Å²) in [4.78, 5) is 55.0. The number of anilines is 2. The predicted octanol–water partition coefficient (Wildman–Crippen LogP) is -0.250. The Morgan fingerprint density at radius 2 is 1.21 bits per heavy atom. The highest BCUT2D eigenvalue weighted by molar-refractivity contribution is 5.69. The van der Waals surface area contributed by atoms with Crippen LogP contribution < -0.4 is 22.8 Å². The maximum absolute atomic E-state index is 12.0. The van der Waals surface area contributed by atoms with Gasteiger partial charge in [0.25, 0.3) is 0 Å². The molecule has 0 aromatic carbocycles. The number of hydrogen-bond donors (Lipinski definition) is 2. The summed E-state index contributed by atoms with van der Waals surface area (Å²) in [7, 11) is 0. The second kappa shape index (κ2) is 12.6. The standard InChI is InChI=1S/C22H28N6O10/c23-13-7-9-27(19(31)25-13)15-11-33-21(35-15)37-17(29)5-3-1-2-4-6-18(30)38-22-34-12-16(36-22)28-10-8-14(24)26-20(28)32/h7-10,15-16,21-22H,1-6,11-12H2,(H2,23,25,31)(H2,24,26,32). The quantitative estimate of drug-likeness (QED) is 0.280. The van der Waals surface area contributed by atoms with E-state index < -0.39 is 48.7 Å². The summed E-state index contributed by atoms with van der Waals surface area (Å²) in [6.45, 7) is -2.43. The fourth-order valence-electron chi connectivity index (χ4n) is 3.67. The van der Waals surface area contributed by atoms with Crippen molar-refractivity contribution >= 4 is 23.6 Å². The van der Waals surface area contributed by atoms with Crippen LogP contribution >= 0.6 is 0 Å². The zero-order chi connectivity index (χ0) is 27.1. The maximum Gasteiger partial charge on any atom is 0.351 e. The van der Waals surface area contributed by atoms with Crippen LogP contribution in [0.5, 0.6) is 0 Å². The number of carbonyl (C=O) groups excluding carboxylic acids is 2. The van der Waals surface area contributed by atoms with Gasteiger partial charge in [-0.05, 0) is 25.0 Å². The fraction of sp³-hybridized carbons (Fsp3) is 0.545. The molecule has 38 heavy (non-hydrogen) atoms. The Morgan fingerprint density at radius 1 is 0.789 bits per heavy atom. The van der Waals surface area contributed by atoms with Crippen molar-refractivity contribution in [2.45, 2.75) is 63.9 Å². The maximum atomic E-state index is 12.0. The van der Waals surface area contributed by atoms with Crippen molar-refractivity contribution in [3.05, 3.63) is 45.5 Å². The smallest absolute Gasteiger partial charge is 0.351 e. The molecule has 0 aliphatic carbocycles. The normalized spacial score (nSPS) is 22.8. The zero-order valence-electron chi connectivity index (χ0n) is 20.3. The van der Waals surface area contributed by atoms with Gasteiger partial charge in [-0.1, -0.05) is 12.8 Å². The summed E-state index contributed by atoms with van der Waals surface area (Å²) in [6.07, 6.45) is 3.96. The van der Waals surface area contributed by atoms with Gasteiger partial charge in [0.15, 0.2) is 12.5 Å². The Morgan fingerprint density at radius 3 is 1.61 bits per heavy atom. The van der Waals surface area contributed by atoms with E-state index in [-0.39, 0.29) is 37.7 Å². The van der Waals surface area contributed by atoms with Gasteiger partial charge in [0, 0.05) is 25.2 Å². The van der Waals surface area contributed by atoms with Crippen molar-refractivity contribution in [2.75, 3.05) is 24.7 Å². The van der Waals surface area contributed by atoms with Crippen molar-refractivity contribution in [3.8, 4) is 0 Å². The van der Waals surface area contributed by atoms with Crippen molar-refractivity contribution in [3.63, 3.8) is 0 Å². The molecule has 2 aromatic heterocycles. The van der Waals surface area contributed by atoms with E-state index in [2.05, 4.69) is 9.97 Å². The van der Waals surface area contributed by atoms with E-state index in [1.54, 1.807) is 0 Å². The lowest BCUT2D eigenvalue weighted by atomic mass is 10.1. The summed E-state index contributed by atoms with van der Waals surface area (Å²) in [5.41, 5.74) is 9.72. The van der Waals surface area contributed by atoms with Crippen LogP contribution in [-0.4, -0.2) is 57.2 Å². The lowest BCUT2D eigenvalue weighted by Crippen LogP contribution is -2.29. The van der Waals surface area contributed by atoms with Gasteiger partial charge in [0.1, 0.15) is 11.6 Å². The highest BCUT2D eigenvalue weighted by atomic mass is 16.9. The summed E-state index contributed by atoms with van der Waals surface area (Å²) < 4.78 is 34.0. The molecule has 0 amide bonds. The second-order valence-corrected chi connectivity index (χ2v) is 8.40. The van der Waals surface area contributed by atoms with Crippen LogP contribution in [0.4, 0.5) is 11.6 Å². The zero-order valence-corrected chi connectivity index (χ0v) is 20.3. The average molecular weight is 536 g/mol. The molecule has 0 bridgehead atoms. The Balaban J connectivity index is 1.05. The van der Waals surface area contributed by atoms with E-state index in [9.17, 15) is 19.2 Å². The van der Waals surface area contributed by atoms with Crippen LogP contribution in [0.2, 0.25) is 0 Å². The molecule has 2 aliphatic heterocycles. The molecule has 16 heteroatoms. The third kappa shape index (κ3) is 7.34. The van der Waals surface area contributed by atoms with Crippen molar-refractivity contribution in [2.24, 2.45) is 0 Å². The molecule has 4 atom stereocenters. The molecule has 0 radical (unpaired) electrons. The highest BCUT2D eigenvalue weighted by Gasteiger charge is 2.32. The number of ether oxygens (including phenoxy) is 6. The fourth-order valence-corrected chi connectivity index (χ4v) is 3.67. The van der Waals surface area contributed by atoms with E-state index in [0.29, 0.717) is 25.7 Å². The molecule has 4 heterocycles. The molecule has 2 fully saturated rings. The number of aromatic nitrogens is 4. The molecule has 2 aliphatic rings. The summed E-state index contributed by atoms with van der Waals surface area (Å²) in [6, 6.07) is 2.89. The van der Waals surface area contributed by atoms with Gasteiger partial charge < -0.3 is 30.4 Å². The number of nitrogens with zero attached hydrogens (tertiary/aromatic N) is 4. The molecule has 206 valence electrons. The molecule has 2 aromatic rings. The summed E-state index contributed by atoms with van der Waals surface area (Å²) >= 11 is 0. The van der Waals surface area contributed by atoms with Gasteiger partial charge >= 0.3 is 36.3 Å².